The molecule has 0 spiro atoms. The molecule has 4 N–H and O–H groups in total. The minimum atomic E-state index is -0.255. The van der Waals surface area contributed by atoms with E-state index in [4.69, 9.17) is 18.0 Å². The summed E-state index contributed by atoms with van der Waals surface area (Å²) in [6, 6.07) is 8.97. The topological polar surface area (TPSA) is 67.2 Å². The highest BCUT2D eigenvalue weighted by molar-refractivity contribution is 7.80. The predicted octanol–water partition coefficient (Wildman–Crippen LogP) is 1.73. The molecule has 0 saturated heterocycles. The molecule has 0 aliphatic carbocycles. The number of rotatable bonds is 4. The number of para-hydroxylation sites is 1. The van der Waals surface area contributed by atoms with E-state index in [1.807, 2.05) is 37.3 Å². The largest absolute Gasteiger partial charge is 0.393 e. The first kappa shape index (κ1) is 12.4. The number of thiocarbonyl (C=S) groups is 1. The van der Waals surface area contributed by atoms with Crippen LogP contribution in [0.2, 0.25) is 0 Å². The summed E-state index contributed by atoms with van der Waals surface area (Å²) >= 11 is 4.81. The van der Waals surface area contributed by atoms with Crippen LogP contribution in [0, 0.1) is 5.92 Å². The van der Waals surface area contributed by atoms with Crippen LogP contribution in [-0.2, 0) is 0 Å². The van der Waals surface area contributed by atoms with E-state index >= 15 is 0 Å². The number of nitrogens with two attached hydrogens (primary N) is 1. The second-order valence-corrected chi connectivity index (χ2v) is 3.98. The molecule has 0 saturated carbocycles. The van der Waals surface area contributed by atoms with Gasteiger partial charge in [-0.3, -0.25) is 0 Å². The standard InChI is InChI=1S/C11H15N3OS/c1-8(10(12)16)7-13-11(15)14-9-5-3-2-4-6-9/h2-6,8H,7H2,1H3,(H2,12,16)(H2,13,14,15). The van der Waals surface area contributed by atoms with Crippen molar-refractivity contribution in [2.24, 2.45) is 11.7 Å². The molecule has 86 valence electrons. The van der Waals surface area contributed by atoms with Crippen LogP contribution >= 0.6 is 12.2 Å². The van der Waals surface area contributed by atoms with Crippen molar-refractivity contribution in [1.82, 2.24) is 5.32 Å². The van der Waals surface area contributed by atoms with Crippen molar-refractivity contribution in [2.75, 3.05) is 11.9 Å². The summed E-state index contributed by atoms with van der Waals surface area (Å²) in [6.07, 6.45) is 0. The van der Waals surface area contributed by atoms with Crippen molar-refractivity contribution in [1.29, 1.82) is 0 Å². The lowest BCUT2D eigenvalue weighted by Gasteiger charge is -2.11. The number of nitrogens with one attached hydrogen (secondary N) is 2. The third-order valence-corrected chi connectivity index (χ3v) is 2.49. The minimum Gasteiger partial charge on any atom is -0.393 e. The van der Waals surface area contributed by atoms with Gasteiger partial charge in [0.2, 0.25) is 0 Å². The Bertz CT molecular complexity index is 367. The van der Waals surface area contributed by atoms with Gasteiger partial charge in [-0.15, -0.1) is 0 Å². The zero-order valence-electron chi connectivity index (χ0n) is 9.07. The van der Waals surface area contributed by atoms with E-state index < -0.39 is 0 Å². The molecule has 4 nitrogen and oxygen atoms in total. The molecule has 1 rings (SSSR count). The number of hydrogen-bond donors (Lipinski definition) is 3. The van der Waals surface area contributed by atoms with Crippen LogP contribution in [-0.4, -0.2) is 17.6 Å². The number of amides is 2. The average molecular weight is 237 g/mol. The van der Waals surface area contributed by atoms with Gasteiger partial charge in [0.05, 0.1) is 4.99 Å². The maximum absolute atomic E-state index is 11.4. The quantitative estimate of drug-likeness (QED) is 0.699. The Morgan fingerprint density at radius 2 is 2.06 bits per heavy atom. The third kappa shape index (κ3) is 4.27. The first-order valence-electron chi connectivity index (χ1n) is 4.99. The molecular weight excluding hydrogens is 222 g/mol. The van der Waals surface area contributed by atoms with Crippen molar-refractivity contribution >= 4 is 28.9 Å². The van der Waals surface area contributed by atoms with E-state index in [0.29, 0.717) is 11.5 Å². The smallest absolute Gasteiger partial charge is 0.319 e. The molecule has 0 fully saturated rings. The van der Waals surface area contributed by atoms with Crippen LogP contribution < -0.4 is 16.4 Å². The summed E-state index contributed by atoms with van der Waals surface area (Å²) in [5, 5.41) is 5.40. The minimum absolute atomic E-state index is 0.00322. The Labute approximate surface area is 100 Å². The van der Waals surface area contributed by atoms with Gasteiger partial charge in [-0.2, -0.15) is 0 Å². The number of carbonyl (C=O) groups excluding carboxylic acids is 1. The molecule has 0 radical (unpaired) electrons. The predicted molar refractivity (Wildman–Crippen MR) is 69.4 cm³/mol. The SMILES string of the molecule is CC(CNC(=O)Nc1ccccc1)C(N)=S. The highest BCUT2D eigenvalue weighted by Crippen LogP contribution is 2.04. The fourth-order valence-corrected chi connectivity index (χ4v) is 1.13. The zero-order chi connectivity index (χ0) is 12.0. The van der Waals surface area contributed by atoms with Crippen molar-refractivity contribution in [3.8, 4) is 0 Å². The normalized spacial score (nSPS) is 11.6. The Kier molecular flexibility index (Phi) is 4.72. The van der Waals surface area contributed by atoms with Gasteiger partial charge in [-0.1, -0.05) is 37.3 Å². The summed E-state index contributed by atoms with van der Waals surface area (Å²) in [5.41, 5.74) is 6.19. The van der Waals surface area contributed by atoms with E-state index in [0.717, 1.165) is 5.69 Å². The van der Waals surface area contributed by atoms with E-state index in [2.05, 4.69) is 10.6 Å². The lowest BCUT2D eigenvalue weighted by Crippen LogP contribution is -2.36. The fraction of sp³-hybridized carbons (Fsp3) is 0.273. The zero-order valence-corrected chi connectivity index (χ0v) is 9.88. The van der Waals surface area contributed by atoms with E-state index in [1.54, 1.807) is 0 Å². The van der Waals surface area contributed by atoms with Crippen LogP contribution in [0.15, 0.2) is 30.3 Å². The second-order valence-electron chi connectivity index (χ2n) is 3.50. The molecule has 0 aliphatic rings. The second kappa shape index (κ2) is 6.07. The maximum Gasteiger partial charge on any atom is 0.319 e. The van der Waals surface area contributed by atoms with Crippen molar-refractivity contribution < 1.29 is 4.79 Å². The molecular formula is C11H15N3OS. The van der Waals surface area contributed by atoms with E-state index in [9.17, 15) is 4.79 Å². The monoisotopic (exact) mass is 237 g/mol. The lowest BCUT2D eigenvalue weighted by atomic mass is 10.2. The molecule has 0 heterocycles. The summed E-state index contributed by atoms with van der Waals surface area (Å²) in [7, 11) is 0. The molecule has 1 aromatic rings. The summed E-state index contributed by atoms with van der Waals surface area (Å²) in [4.78, 5) is 11.8. The molecule has 0 aromatic heterocycles. The van der Waals surface area contributed by atoms with Gasteiger partial charge in [0, 0.05) is 18.2 Å². The first-order valence-corrected chi connectivity index (χ1v) is 5.39. The van der Waals surface area contributed by atoms with Gasteiger partial charge >= 0.3 is 6.03 Å². The van der Waals surface area contributed by atoms with Gasteiger partial charge in [0.15, 0.2) is 0 Å². The Morgan fingerprint density at radius 1 is 1.44 bits per heavy atom. The summed E-state index contributed by atoms with van der Waals surface area (Å²) in [6.45, 7) is 2.30. The number of carbonyl (C=O) groups is 1. The van der Waals surface area contributed by atoms with Gasteiger partial charge in [-0.05, 0) is 12.1 Å². The average Bonchev–Trinajstić information content (AvgIpc) is 2.27. The highest BCUT2D eigenvalue weighted by Gasteiger charge is 2.07. The van der Waals surface area contributed by atoms with Gasteiger partial charge in [0.25, 0.3) is 0 Å². The number of hydrogen-bond acceptors (Lipinski definition) is 2. The Morgan fingerprint density at radius 3 is 2.62 bits per heavy atom. The van der Waals surface area contributed by atoms with Crippen LogP contribution in [0.25, 0.3) is 0 Å². The van der Waals surface area contributed by atoms with Gasteiger partial charge in [-0.25, -0.2) is 4.79 Å². The molecule has 0 aliphatic heterocycles. The number of urea groups is 1. The molecule has 1 unspecified atom stereocenters. The summed E-state index contributed by atoms with van der Waals surface area (Å²) < 4.78 is 0. The number of anilines is 1. The molecule has 16 heavy (non-hydrogen) atoms. The van der Waals surface area contributed by atoms with Crippen molar-refractivity contribution in [3.63, 3.8) is 0 Å². The third-order valence-electron chi connectivity index (χ3n) is 2.09. The van der Waals surface area contributed by atoms with Gasteiger partial charge < -0.3 is 16.4 Å². The van der Waals surface area contributed by atoms with Crippen LogP contribution in [0.1, 0.15) is 6.92 Å². The lowest BCUT2D eigenvalue weighted by molar-refractivity contribution is 0.251. The van der Waals surface area contributed by atoms with Crippen LogP contribution in [0.4, 0.5) is 10.5 Å². The maximum atomic E-state index is 11.4. The van der Waals surface area contributed by atoms with Crippen LogP contribution in [0.3, 0.4) is 0 Å². The van der Waals surface area contributed by atoms with Crippen molar-refractivity contribution in [2.45, 2.75) is 6.92 Å². The number of benzene rings is 1. The Hall–Kier alpha value is -1.62. The van der Waals surface area contributed by atoms with E-state index in [1.165, 1.54) is 0 Å². The Balaban J connectivity index is 2.35. The summed E-state index contributed by atoms with van der Waals surface area (Å²) in [5.74, 6) is -0.00322. The van der Waals surface area contributed by atoms with Gasteiger partial charge in [0.1, 0.15) is 0 Å². The first-order chi connectivity index (χ1) is 7.59. The highest BCUT2D eigenvalue weighted by atomic mass is 32.1. The molecule has 1 atom stereocenters. The van der Waals surface area contributed by atoms with E-state index in [-0.39, 0.29) is 11.9 Å². The van der Waals surface area contributed by atoms with Crippen LogP contribution in [0.5, 0.6) is 0 Å². The molecule has 2 amide bonds. The van der Waals surface area contributed by atoms with Crippen molar-refractivity contribution in [3.05, 3.63) is 30.3 Å². The molecule has 0 bridgehead atoms. The fourth-order valence-electron chi connectivity index (χ4n) is 1.04. The molecule has 5 heteroatoms. The molecule has 1 aromatic carbocycles.